The van der Waals surface area contributed by atoms with Crippen LogP contribution in [-0.2, 0) is 4.79 Å². The van der Waals surface area contributed by atoms with Gasteiger partial charge in [-0.2, -0.15) is 0 Å². The number of carbonyl (C=O) groups is 1. The minimum Gasteiger partial charge on any atom is -0.484 e. The Hall–Kier alpha value is -4.33. The molecule has 32 heavy (non-hydrogen) atoms. The highest BCUT2D eigenvalue weighted by molar-refractivity contribution is 5.95. The van der Waals surface area contributed by atoms with Gasteiger partial charge in [0.05, 0.1) is 17.1 Å². The van der Waals surface area contributed by atoms with Crippen molar-refractivity contribution in [2.75, 3.05) is 17.2 Å². The van der Waals surface area contributed by atoms with Crippen LogP contribution in [0, 0.1) is 12.7 Å². The number of aromatic nitrogens is 3. The fourth-order valence-corrected chi connectivity index (χ4v) is 2.98. The summed E-state index contributed by atoms with van der Waals surface area (Å²) in [7, 11) is 0. The van der Waals surface area contributed by atoms with Gasteiger partial charge < -0.3 is 15.4 Å². The van der Waals surface area contributed by atoms with Gasteiger partial charge in [0.15, 0.2) is 6.61 Å². The second-order valence-corrected chi connectivity index (χ2v) is 6.98. The monoisotopic (exact) mass is 429 g/mol. The molecule has 0 saturated heterocycles. The molecule has 0 saturated carbocycles. The van der Waals surface area contributed by atoms with Crippen molar-refractivity contribution in [3.05, 3.63) is 90.6 Å². The number of hydrogen-bond donors (Lipinski definition) is 2. The number of anilines is 3. The molecule has 0 aliphatic carbocycles. The minimum absolute atomic E-state index is 0.260. The first-order valence-corrected chi connectivity index (χ1v) is 9.86. The van der Waals surface area contributed by atoms with E-state index >= 15 is 0 Å². The van der Waals surface area contributed by atoms with Crippen LogP contribution < -0.4 is 15.4 Å². The van der Waals surface area contributed by atoms with Crippen molar-refractivity contribution in [1.29, 1.82) is 0 Å². The number of rotatable bonds is 7. The molecule has 0 fully saturated rings. The second kappa shape index (κ2) is 9.65. The average molecular weight is 429 g/mol. The van der Waals surface area contributed by atoms with Gasteiger partial charge in [-0.1, -0.05) is 12.1 Å². The lowest BCUT2D eigenvalue weighted by Gasteiger charge is -2.14. The van der Waals surface area contributed by atoms with E-state index in [1.54, 1.807) is 36.8 Å². The zero-order chi connectivity index (χ0) is 22.3. The highest BCUT2D eigenvalue weighted by Crippen LogP contribution is 2.26. The number of benzene rings is 2. The smallest absolute Gasteiger partial charge is 0.262 e. The van der Waals surface area contributed by atoms with E-state index in [1.807, 2.05) is 31.2 Å². The van der Waals surface area contributed by atoms with Crippen LogP contribution in [0.4, 0.5) is 21.7 Å². The molecular weight excluding hydrogens is 409 g/mol. The molecule has 0 unspecified atom stereocenters. The van der Waals surface area contributed by atoms with Crippen molar-refractivity contribution in [2.45, 2.75) is 6.92 Å². The maximum absolute atomic E-state index is 13.3. The summed E-state index contributed by atoms with van der Waals surface area (Å²) in [6.07, 6.45) is 5.07. The Labute approximate surface area is 184 Å². The van der Waals surface area contributed by atoms with Crippen molar-refractivity contribution < 1.29 is 13.9 Å². The van der Waals surface area contributed by atoms with Gasteiger partial charge in [0, 0.05) is 30.2 Å². The maximum Gasteiger partial charge on any atom is 0.262 e. The molecule has 2 aromatic carbocycles. The maximum atomic E-state index is 13.3. The third-order valence-corrected chi connectivity index (χ3v) is 4.47. The lowest BCUT2D eigenvalue weighted by atomic mass is 10.2. The Morgan fingerprint density at radius 2 is 1.94 bits per heavy atom. The Bertz CT molecular complexity index is 1230. The van der Waals surface area contributed by atoms with Crippen molar-refractivity contribution >= 4 is 23.2 Å². The SMILES string of the molecule is Cc1ccc(NC(=O)COc2cccc(F)c2)c(Nc2nccc(-c3cccnc3)n2)c1. The highest BCUT2D eigenvalue weighted by atomic mass is 19.1. The van der Waals surface area contributed by atoms with Crippen molar-refractivity contribution in [3.63, 3.8) is 0 Å². The molecule has 2 aromatic heterocycles. The van der Waals surface area contributed by atoms with E-state index in [4.69, 9.17) is 4.74 Å². The summed E-state index contributed by atoms with van der Waals surface area (Å²) in [6, 6.07) is 16.7. The molecule has 0 aliphatic rings. The van der Waals surface area contributed by atoms with E-state index in [0.29, 0.717) is 17.3 Å². The zero-order valence-electron chi connectivity index (χ0n) is 17.2. The number of carbonyl (C=O) groups excluding carboxylic acids is 1. The highest BCUT2D eigenvalue weighted by Gasteiger charge is 2.11. The number of nitrogens with one attached hydrogen (secondary N) is 2. The van der Waals surface area contributed by atoms with Crippen molar-refractivity contribution in [3.8, 4) is 17.0 Å². The van der Waals surface area contributed by atoms with Crippen LogP contribution in [0.1, 0.15) is 5.56 Å². The molecular formula is C24H20FN5O2. The first-order chi connectivity index (χ1) is 15.6. The van der Waals surface area contributed by atoms with Crippen LogP contribution in [0.2, 0.25) is 0 Å². The predicted molar refractivity (Wildman–Crippen MR) is 120 cm³/mol. The summed E-state index contributed by atoms with van der Waals surface area (Å²) in [4.78, 5) is 25.3. The molecule has 0 atom stereocenters. The molecule has 7 nitrogen and oxygen atoms in total. The fourth-order valence-electron chi connectivity index (χ4n) is 2.98. The number of ether oxygens (including phenoxy) is 1. The largest absolute Gasteiger partial charge is 0.484 e. The van der Waals surface area contributed by atoms with Crippen LogP contribution in [0.25, 0.3) is 11.3 Å². The van der Waals surface area contributed by atoms with Gasteiger partial charge in [-0.3, -0.25) is 9.78 Å². The molecule has 0 bridgehead atoms. The van der Waals surface area contributed by atoms with E-state index < -0.39 is 5.82 Å². The molecule has 2 N–H and O–H groups in total. The molecule has 0 aliphatic heterocycles. The molecule has 4 aromatic rings. The Kier molecular flexibility index (Phi) is 6.31. The lowest BCUT2D eigenvalue weighted by Crippen LogP contribution is -2.20. The van der Waals surface area contributed by atoms with Gasteiger partial charge in [-0.15, -0.1) is 0 Å². The van der Waals surface area contributed by atoms with Crippen LogP contribution >= 0.6 is 0 Å². The van der Waals surface area contributed by atoms with Gasteiger partial charge in [-0.05, 0) is 55.0 Å². The fraction of sp³-hybridized carbons (Fsp3) is 0.0833. The van der Waals surface area contributed by atoms with E-state index in [9.17, 15) is 9.18 Å². The Morgan fingerprint density at radius 1 is 1.03 bits per heavy atom. The standard InChI is InChI=1S/C24H20FN5O2/c1-16-7-8-21(28-23(31)15-32-19-6-2-5-18(25)13-19)22(12-16)30-24-27-11-9-20(29-24)17-4-3-10-26-14-17/h2-14H,15H2,1H3,(H,28,31)(H,27,29,30). The van der Waals surface area contributed by atoms with E-state index in [1.165, 1.54) is 18.2 Å². The molecule has 1 amide bonds. The number of nitrogens with zero attached hydrogens (tertiary/aromatic N) is 3. The molecule has 4 rings (SSSR count). The summed E-state index contributed by atoms with van der Waals surface area (Å²) < 4.78 is 18.6. The van der Waals surface area contributed by atoms with E-state index in [0.717, 1.165) is 16.8 Å². The van der Waals surface area contributed by atoms with Crippen LogP contribution in [0.3, 0.4) is 0 Å². The van der Waals surface area contributed by atoms with Crippen LogP contribution in [0.5, 0.6) is 5.75 Å². The van der Waals surface area contributed by atoms with Gasteiger partial charge in [0.25, 0.3) is 5.91 Å². The summed E-state index contributed by atoms with van der Waals surface area (Å²) in [5.74, 6) is -0.154. The molecule has 0 spiro atoms. The predicted octanol–water partition coefficient (Wildman–Crippen LogP) is 4.75. The normalized spacial score (nSPS) is 10.4. The van der Waals surface area contributed by atoms with Crippen LogP contribution in [-0.4, -0.2) is 27.5 Å². The summed E-state index contributed by atoms with van der Waals surface area (Å²) in [5, 5.41) is 5.97. The second-order valence-electron chi connectivity index (χ2n) is 6.98. The first kappa shape index (κ1) is 20.9. The molecule has 0 radical (unpaired) electrons. The quantitative estimate of drug-likeness (QED) is 0.441. The van der Waals surface area contributed by atoms with Gasteiger partial charge in [0.2, 0.25) is 5.95 Å². The third-order valence-electron chi connectivity index (χ3n) is 4.47. The lowest BCUT2D eigenvalue weighted by molar-refractivity contribution is -0.118. The van der Waals surface area contributed by atoms with E-state index in [2.05, 4.69) is 25.6 Å². The summed E-state index contributed by atoms with van der Waals surface area (Å²) in [6.45, 7) is 1.68. The van der Waals surface area contributed by atoms with Gasteiger partial charge in [0.1, 0.15) is 11.6 Å². The summed E-state index contributed by atoms with van der Waals surface area (Å²) in [5.41, 5.74) is 3.75. The number of aryl methyl sites for hydroxylation is 1. The number of halogens is 1. The number of amides is 1. The van der Waals surface area contributed by atoms with E-state index in [-0.39, 0.29) is 18.3 Å². The Morgan fingerprint density at radius 3 is 2.75 bits per heavy atom. The number of pyridine rings is 1. The molecule has 160 valence electrons. The Balaban J connectivity index is 1.48. The van der Waals surface area contributed by atoms with Crippen molar-refractivity contribution in [1.82, 2.24) is 15.0 Å². The summed E-state index contributed by atoms with van der Waals surface area (Å²) >= 11 is 0. The van der Waals surface area contributed by atoms with Gasteiger partial charge >= 0.3 is 0 Å². The third kappa shape index (κ3) is 5.42. The first-order valence-electron chi connectivity index (χ1n) is 9.86. The van der Waals surface area contributed by atoms with Crippen molar-refractivity contribution in [2.24, 2.45) is 0 Å². The number of hydrogen-bond acceptors (Lipinski definition) is 6. The zero-order valence-corrected chi connectivity index (χ0v) is 17.2. The van der Waals surface area contributed by atoms with Gasteiger partial charge in [-0.25, -0.2) is 14.4 Å². The molecule has 8 heteroatoms. The average Bonchev–Trinajstić information content (AvgIpc) is 2.80. The van der Waals surface area contributed by atoms with Crippen LogP contribution in [0.15, 0.2) is 79.3 Å². The molecule has 2 heterocycles. The minimum atomic E-state index is -0.429. The topological polar surface area (TPSA) is 89.0 Å².